The van der Waals surface area contributed by atoms with E-state index in [1.807, 2.05) is 18.2 Å². The lowest BCUT2D eigenvalue weighted by molar-refractivity contribution is 0.170. The highest BCUT2D eigenvalue weighted by molar-refractivity contribution is 5.44. The van der Waals surface area contributed by atoms with E-state index in [1.54, 1.807) is 14.2 Å². The molecule has 1 saturated heterocycles. The summed E-state index contributed by atoms with van der Waals surface area (Å²) in [7, 11) is 3.27. The first-order valence-electron chi connectivity index (χ1n) is 7.27. The molecule has 0 saturated carbocycles. The minimum atomic E-state index is 0.0160. The summed E-state index contributed by atoms with van der Waals surface area (Å²) in [5.74, 6) is 1.68. The lowest BCUT2D eigenvalue weighted by atomic mass is 9.90. The molecule has 1 aromatic rings. The second kappa shape index (κ2) is 5.95. The predicted molar refractivity (Wildman–Crippen MR) is 82.7 cm³/mol. The van der Waals surface area contributed by atoms with Crippen molar-refractivity contribution < 1.29 is 9.47 Å². The van der Waals surface area contributed by atoms with Crippen LogP contribution < -0.4 is 9.47 Å². The van der Waals surface area contributed by atoms with Crippen LogP contribution in [0.1, 0.15) is 32.3 Å². The summed E-state index contributed by atoms with van der Waals surface area (Å²) in [5.41, 5.74) is 1.23. The monoisotopic (exact) mass is 288 g/mol. The van der Waals surface area contributed by atoms with Crippen LogP contribution in [0.15, 0.2) is 18.2 Å². The van der Waals surface area contributed by atoms with Gasteiger partial charge in [0, 0.05) is 24.5 Å². The third kappa shape index (κ3) is 3.14. The molecule has 1 aliphatic heterocycles. The molecule has 1 heterocycles. The molecule has 0 amide bonds. The van der Waals surface area contributed by atoms with Gasteiger partial charge in [0.05, 0.1) is 26.2 Å². The van der Waals surface area contributed by atoms with E-state index in [-0.39, 0.29) is 17.4 Å². The molecule has 1 aromatic carbocycles. The summed E-state index contributed by atoms with van der Waals surface area (Å²) in [6.07, 6.45) is 0. The van der Waals surface area contributed by atoms with Crippen molar-refractivity contribution in [2.24, 2.45) is 5.92 Å². The minimum Gasteiger partial charge on any atom is -0.493 e. The summed E-state index contributed by atoms with van der Waals surface area (Å²) < 4.78 is 10.7. The van der Waals surface area contributed by atoms with E-state index in [1.165, 1.54) is 0 Å². The van der Waals surface area contributed by atoms with Crippen molar-refractivity contribution in [2.75, 3.05) is 27.3 Å². The van der Waals surface area contributed by atoms with Crippen molar-refractivity contribution in [3.05, 3.63) is 23.8 Å². The zero-order valence-electron chi connectivity index (χ0n) is 13.5. The molecule has 114 valence electrons. The second-order valence-corrected chi connectivity index (χ2v) is 6.53. The van der Waals surface area contributed by atoms with Gasteiger partial charge < -0.3 is 9.47 Å². The molecule has 0 N–H and O–H groups in total. The van der Waals surface area contributed by atoms with E-state index in [0.717, 1.165) is 30.2 Å². The van der Waals surface area contributed by atoms with Crippen molar-refractivity contribution in [3.63, 3.8) is 0 Å². The van der Waals surface area contributed by atoms with E-state index in [9.17, 15) is 5.26 Å². The van der Waals surface area contributed by atoms with Crippen molar-refractivity contribution in [2.45, 2.75) is 32.2 Å². The molecule has 1 aliphatic rings. The van der Waals surface area contributed by atoms with E-state index >= 15 is 0 Å². The Labute approximate surface area is 127 Å². The molecule has 0 aliphatic carbocycles. The molecule has 2 rings (SSSR count). The first-order chi connectivity index (χ1) is 9.90. The molecule has 21 heavy (non-hydrogen) atoms. The van der Waals surface area contributed by atoms with Gasteiger partial charge in [0.25, 0.3) is 0 Å². The van der Waals surface area contributed by atoms with Crippen LogP contribution in [0.5, 0.6) is 11.5 Å². The van der Waals surface area contributed by atoms with Gasteiger partial charge in [-0.1, -0.05) is 6.07 Å². The van der Waals surface area contributed by atoms with Crippen LogP contribution in [0.4, 0.5) is 0 Å². The average Bonchev–Trinajstić information content (AvgIpc) is 2.90. The number of benzene rings is 1. The largest absolute Gasteiger partial charge is 0.493 e. The lowest BCUT2D eigenvalue weighted by Crippen LogP contribution is -2.39. The highest BCUT2D eigenvalue weighted by atomic mass is 16.5. The molecule has 2 atom stereocenters. The Balaban J connectivity index is 2.30. The maximum Gasteiger partial charge on any atom is 0.160 e. The zero-order chi connectivity index (χ0) is 15.6. The van der Waals surface area contributed by atoms with E-state index in [4.69, 9.17) is 9.47 Å². The van der Waals surface area contributed by atoms with Crippen LogP contribution in [-0.2, 0) is 0 Å². The lowest BCUT2D eigenvalue weighted by Gasteiger charge is -2.31. The van der Waals surface area contributed by atoms with Gasteiger partial charge in [-0.2, -0.15) is 5.26 Å². The molecule has 0 aromatic heterocycles. The van der Waals surface area contributed by atoms with Crippen LogP contribution >= 0.6 is 0 Å². The highest BCUT2D eigenvalue weighted by Crippen LogP contribution is 2.39. The normalized spacial score (nSPS) is 22.9. The zero-order valence-corrected chi connectivity index (χ0v) is 13.5. The SMILES string of the molecule is COc1ccc([C@H]2CN(C(C)(C)C)C[C@@H]2C#N)cc1OC. The predicted octanol–water partition coefficient (Wildman–Crippen LogP) is 3.04. The standard InChI is InChI=1S/C17H24N2O2/c1-17(2,3)19-10-13(9-18)14(11-19)12-6-7-15(20-4)16(8-12)21-5/h6-8,13-14H,10-11H2,1-5H3/t13-,14+/m0/s1. The summed E-state index contributed by atoms with van der Waals surface area (Å²) in [6, 6.07) is 8.43. The molecule has 0 bridgehead atoms. The van der Waals surface area contributed by atoms with Gasteiger partial charge in [-0.15, -0.1) is 0 Å². The van der Waals surface area contributed by atoms with Gasteiger partial charge in [0.1, 0.15) is 0 Å². The van der Waals surface area contributed by atoms with Gasteiger partial charge in [0.2, 0.25) is 0 Å². The number of rotatable bonds is 3. The molecule has 0 unspecified atom stereocenters. The first kappa shape index (κ1) is 15.7. The fourth-order valence-electron chi connectivity index (χ4n) is 2.90. The molecular weight excluding hydrogens is 264 g/mol. The maximum absolute atomic E-state index is 9.48. The van der Waals surface area contributed by atoms with Crippen molar-refractivity contribution >= 4 is 0 Å². The topological polar surface area (TPSA) is 45.5 Å². The van der Waals surface area contributed by atoms with E-state index < -0.39 is 0 Å². The van der Waals surface area contributed by atoms with E-state index in [2.05, 4.69) is 31.7 Å². The Morgan fingerprint density at radius 2 is 1.81 bits per heavy atom. The quantitative estimate of drug-likeness (QED) is 0.857. The van der Waals surface area contributed by atoms with Crippen LogP contribution in [0.3, 0.4) is 0 Å². The molecule has 1 fully saturated rings. The Kier molecular flexibility index (Phi) is 4.43. The number of ether oxygens (including phenoxy) is 2. The summed E-state index contributed by atoms with van der Waals surface area (Å²) in [4.78, 5) is 2.38. The number of nitriles is 1. The summed E-state index contributed by atoms with van der Waals surface area (Å²) in [5, 5.41) is 9.48. The summed E-state index contributed by atoms with van der Waals surface area (Å²) in [6.45, 7) is 8.30. The molecule has 4 heteroatoms. The summed E-state index contributed by atoms with van der Waals surface area (Å²) >= 11 is 0. The number of methoxy groups -OCH3 is 2. The van der Waals surface area contributed by atoms with Gasteiger partial charge in [-0.25, -0.2) is 0 Å². The third-order valence-electron chi connectivity index (χ3n) is 4.27. The van der Waals surface area contributed by atoms with Gasteiger partial charge in [0.15, 0.2) is 11.5 Å². The van der Waals surface area contributed by atoms with Crippen molar-refractivity contribution in [3.8, 4) is 17.6 Å². The molecule has 0 spiro atoms. The highest BCUT2D eigenvalue weighted by Gasteiger charge is 2.38. The molecule has 4 nitrogen and oxygen atoms in total. The number of hydrogen-bond acceptors (Lipinski definition) is 4. The fourth-order valence-corrected chi connectivity index (χ4v) is 2.90. The minimum absolute atomic E-state index is 0.0160. The van der Waals surface area contributed by atoms with Gasteiger partial charge in [-0.05, 0) is 38.5 Å². The Hall–Kier alpha value is -1.73. The third-order valence-corrected chi connectivity index (χ3v) is 4.27. The molecular formula is C17H24N2O2. The van der Waals surface area contributed by atoms with Crippen molar-refractivity contribution in [1.82, 2.24) is 4.90 Å². The van der Waals surface area contributed by atoms with Gasteiger partial charge in [-0.3, -0.25) is 4.90 Å². The van der Waals surface area contributed by atoms with Crippen LogP contribution in [0, 0.1) is 17.2 Å². The smallest absolute Gasteiger partial charge is 0.160 e. The van der Waals surface area contributed by atoms with E-state index in [0.29, 0.717) is 0 Å². The van der Waals surface area contributed by atoms with Crippen molar-refractivity contribution in [1.29, 1.82) is 5.26 Å². The number of likely N-dealkylation sites (tertiary alicyclic amines) is 1. The van der Waals surface area contributed by atoms with Gasteiger partial charge >= 0.3 is 0 Å². The Morgan fingerprint density at radius 1 is 1.14 bits per heavy atom. The Bertz CT molecular complexity index is 543. The van der Waals surface area contributed by atoms with Crippen LogP contribution in [-0.4, -0.2) is 37.7 Å². The van der Waals surface area contributed by atoms with Crippen LogP contribution in [0.2, 0.25) is 0 Å². The first-order valence-corrected chi connectivity index (χ1v) is 7.27. The fraction of sp³-hybridized carbons (Fsp3) is 0.588. The average molecular weight is 288 g/mol. The Morgan fingerprint density at radius 3 is 2.33 bits per heavy atom. The number of nitrogens with zero attached hydrogens (tertiary/aromatic N) is 2. The second-order valence-electron chi connectivity index (χ2n) is 6.53. The number of hydrogen-bond donors (Lipinski definition) is 0. The maximum atomic E-state index is 9.48. The molecule has 0 radical (unpaired) electrons. The van der Waals surface area contributed by atoms with Crippen LogP contribution in [0.25, 0.3) is 0 Å².